The third-order valence-electron chi connectivity index (χ3n) is 3.98. The lowest BCUT2D eigenvalue weighted by molar-refractivity contribution is 0.0659. The molecule has 1 atom stereocenters. The molecule has 2 aromatic heterocycles. The van der Waals surface area contributed by atoms with Crippen LogP contribution >= 0.6 is 0 Å². The molecule has 2 aromatic rings. The monoisotopic (exact) mass is 300 g/mol. The van der Waals surface area contributed by atoms with E-state index in [0.717, 1.165) is 38.3 Å². The number of nitrogens with zero attached hydrogens (tertiary/aromatic N) is 5. The summed E-state index contributed by atoms with van der Waals surface area (Å²) >= 11 is 0. The summed E-state index contributed by atoms with van der Waals surface area (Å²) in [5.41, 5.74) is 0.639. The van der Waals surface area contributed by atoms with E-state index in [1.165, 1.54) is 0 Å². The number of likely N-dealkylation sites (tertiary alicyclic amines) is 1. The zero-order valence-electron chi connectivity index (χ0n) is 12.6. The second-order valence-corrected chi connectivity index (χ2v) is 5.56. The third-order valence-corrected chi connectivity index (χ3v) is 3.98. The number of nitrogens with one attached hydrogen (secondary N) is 1. The number of hydrogen-bond donors (Lipinski definition) is 1. The molecule has 1 amide bonds. The number of hydrogen-bond acceptors (Lipinski definition) is 5. The van der Waals surface area contributed by atoms with Crippen molar-refractivity contribution in [3.8, 4) is 0 Å². The predicted octanol–water partition coefficient (Wildman–Crippen LogP) is 1.27. The molecule has 1 unspecified atom stereocenters. The van der Waals surface area contributed by atoms with Gasteiger partial charge in [0.1, 0.15) is 18.5 Å². The molecule has 0 radical (unpaired) electrons. The number of anilines is 1. The first kappa shape index (κ1) is 14.5. The fraction of sp³-hybridized carbons (Fsp3) is 0.467. The summed E-state index contributed by atoms with van der Waals surface area (Å²) in [4.78, 5) is 22.7. The van der Waals surface area contributed by atoms with Crippen molar-refractivity contribution in [3.05, 3.63) is 36.5 Å². The summed E-state index contributed by atoms with van der Waals surface area (Å²) in [6.45, 7) is 2.37. The van der Waals surface area contributed by atoms with Crippen molar-refractivity contribution in [2.75, 3.05) is 25.5 Å². The van der Waals surface area contributed by atoms with Crippen LogP contribution in [0.25, 0.3) is 0 Å². The number of carbonyl (C=O) groups is 1. The highest BCUT2D eigenvalue weighted by Gasteiger charge is 2.25. The molecule has 0 bridgehead atoms. The van der Waals surface area contributed by atoms with Gasteiger partial charge >= 0.3 is 0 Å². The SMILES string of the molecule is CNc1ccc(C(=O)N2CCCC(Cn3cncn3)C2)cn1. The molecule has 22 heavy (non-hydrogen) atoms. The van der Waals surface area contributed by atoms with Gasteiger partial charge < -0.3 is 10.2 Å². The molecule has 116 valence electrons. The first-order valence-corrected chi connectivity index (χ1v) is 7.52. The zero-order valence-corrected chi connectivity index (χ0v) is 12.6. The smallest absolute Gasteiger partial charge is 0.255 e. The molecule has 0 aromatic carbocycles. The molecule has 1 N–H and O–H groups in total. The number of carbonyl (C=O) groups excluding carboxylic acids is 1. The van der Waals surface area contributed by atoms with Crippen LogP contribution < -0.4 is 5.32 Å². The Kier molecular flexibility index (Phi) is 4.32. The topological polar surface area (TPSA) is 75.9 Å². The van der Waals surface area contributed by atoms with Gasteiger partial charge in [-0.25, -0.2) is 9.97 Å². The Labute approximate surface area is 129 Å². The van der Waals surface area contributed by atoms with Crippen LogP contribution in [0.3, 0.4) is 0 Å². The van der Waals surface area contributed by atoms with Crippen LogP contribution in [0.1, 0.15) is 23.2 Å². The van der Waals surface area contributed by atoms with Crippen LogP contribution in [-0.4, -0.2) is 50.7 Å². The van der Waals surface area contributed by atoms with Crippen molar-refractivity contribution in [1.29, 1.82) is 0 Å². The van der Waals surface area contributed by atoms with E-state index in [4.69, 9.17) is 0 Å². The molecule has 3 rings (SSSR count). The largest absolute Gasteiger partial charge is 0.373 e. The Balaban J connectivity index is 1.64. The van der Waals surface area contributed by atoms with E-state index >= 15 is 0 Å². The highest BCUT2D eigenvalue weighted by molar-refractivity contribution is 5.94. The number of amides is 1. The average molecular weight is 300 g/mol. The third kappa shape index (κ3) is 3.24. The van der Waals surface area contributed by atoms with Gasteiger partial charge in [0.05, 0.1) is 5.56 Å². The molecular weight excluding hydrogens is 280 g/mol. The molecule has 7 nitrogen and oxygen atoms in total. The van der Waals surface area contributed by atoms with Crippen molar-refractivity contribution < 1.29 is 4.79 Å². The number of rotatable bonds is 4. The Morgan fingerprint density at radius 1 is 1.45 bits per heavy atom. The lowest BCUT2D eigenvalue weighted by Gasteiger charge is -2.32. The van der Waals surface area contributed by atoms with Crippen molar-refractivity contribution in [2.45, 2.75) is 19.4 Å². The van der Waals surface area contributed by atoms with Crippen molar-refractivity contribution in [3.63, 3.8) is 0 Å². The minimum Gasteiger partial charge on any atom is -0.373 e. The number of pyridine rings is 1. The average Bonchev–Trinajstić information content (AvgIpc) is 3.07. The molecule has 1 saturated heterocycles. The first-order chi connectivity index (χ1) is 10.8. The quantitative estimate of drug-likeness (QED) is 0.920. The second-order valence-electron chi connectivity index (χ2n) is 5.56. The standard InChI is InChI=1S/C15H20N6O/c1-16-14-5-4-13(7-18-14)15(22)20-6-2-3-12(8-20)9-21-11-17-10-19-21/h4-5,7,10-12H,2-3,6,8-9H2,1H3,(H,16,18). The van der Waals surface area contributed by atoms with E-state index in [1.807, 2.05) is 28.8 Å². The van der Waals surface area contributed by atoms with Gasteiger partial charge in [-0.1, -0.05) is 0 Å². The highest BCUT2D eigenvalue weighted by atomic mass is 16.2. The maximum atomic E-state index is 12.6. The maximum Gasteiger partial charge on any atom is 0.255 e. The Bertz CT molecular complexity index is 609. The maximum absolute atomic E-state index is 12.6. The van der Waals surface area contributed by atoms with Crippen LogP contribution in [0, 0.1) is 5.92 Å². The zero-order chi connectivity index (χ0) is 15.4. The molecular formula is C15H20N6O. The molecule has 1 fully saturated rings. The Hall–Kier alpha value is -2.44. The van der Waals surface area contributed by atoms with Gasteiger partial charge in [-0.2, -0.15) is 5.10 Å². The van der Waals surface area contributed by atoms with Crippen LogP contribution in [0.2, 0.25) is 0 Å². The van der Waals surface area contributed by atoms with E-state index in [-0.39, 0.29) is 5.91 Å². The summed E-state index contributed by atoms with van der Waals surface area (Å²) in [5, 5.41) is 7.10. The van der Waals surface area contributed by atoms with Gasteiger partial charge in [-0.05, 0) is 30.9 Å². The molecule has 1 aliphatic rings. The van der Waals surface area contributed by atoms with Gasteiger partial charge in [0.25, 0.3) is 5.91 Å². The van der Waals surface area contributed by atoms with E-state index in [1.54, 1.807) is 18.9 Å². The van der Waals surface area contributed by atoms with E-state index in [2.05, 4.69) is 20.4 Å². The minimum absolute atomic E-state index is 0.0541. The molecule has 0 aliphatic carbocycles. The van der Waals surface area contributed by atoms with E-state index in [9.17, 15) is 4.79 Å². The highest BCUT2D eigenvalue weighted by Crippen LogP contribution is 2.20. The molecule has 0 saturated carbocycles. The summed E-state index contributed by atoms with van der Waals surface area (Å²) in [5.74, 6) is 1.24. The lowest BCUT2D eigenvalue weighted by atomic mass is 9.97. The van der Waals surface area contributed by atoms with Crippen LogP contribution in [0.4, 0.5) is 5.82 Å². The van der Waals surface area contributed by atoms with E-state index in [0.29, 0.717) is 11.5 Å². The van der Waals surface area contributed by atoms with Gasteiger partial charge in [-0.15, -0.1) is 0 Å². The summed E-state index contributed by atoms with van der Waals surface area (Å²) in [7, 11) is 1.81. The number of aromatic nitrogens is 4. The molecule has 3 heterocycles. The summed E-state index contributed by atoms with van der Waals surface area (Å²) in [6, 6.07) is 3.65. The summed E-state index contributed by atoms with van der Waals surface area (Å²) < 4.78 is 1.84. The van der Waals surface area contributed by atoms with Crippen LogP contribution in [0.5, 0.6) is 0 Å². The fourth-order valence-corrected chi connectivity index (χ4v) is 2.84. The summed E-state index contributed by atoms with van der Waals surface area (Å²) in [6.07, 6.45) is 7.03. The fourth-order valence-electron chi connectivity index (χ4n) is 2.84. The van der Waals surface area contributed by atoms with Gasteiger partial charge in [0.15, 0.2) is 0 Å². The van der Waals surface area contributed by atoms with Crippen molar-refractivity contribution in [1.82, 2.24) is 24.6 Å². The number of piperidine rings is 1. The van der Waals surface area contributed by atoms with Crippen molar-refractivity contribution in [2.24, 2.45) is 5.92 Å². The van der Waals surface area contributed by atoms with Gasteiger partial charge in [0.2, 0.25) is 0 Å². The van der Waals surface area contributed by atoms with Gasteiger partial charge in [0, 0.05) is 32.9 Å². The molecule has 7 heteroatoms. The predicted molar refractivity (Wildman–Crippen MR) is 82.4 cm³/mol. The van der Waals surface area contributed by atoms with Gasteiger partial charge in [-0.3, -0.25) is 9.48 Å². The normalized spacial score (nSPS) is 18.2. The second kappa shape index (κ2) is 6.55. The Morgan fingerprint density at radius 2 is 2.36 bits per heavy atom. The van der Waals surface area contributed by atoms with Crippen molar-refractivity contribution >= 4 is 11.7 Å². The van der Waals surface area contributed by atoms with Crippen LogP contribution in [0.15, 0.2) is 31.0 Å². The first-order valence-electron chi connectivity index (χ1n) is 7.52. The lowest BCUT2D eigenvalue weighted by Crippen LogP contribution is -2.41. The van der Waals surface area contributed by atoms with Crippen LogP contribution in [-0.2, 0) is 6.54 Å². The minimum atomic E-state index is 0.0541. The molecule has 0 spiro atoms. The van der Waals surface area contributed by atoms with E-state index < -0.39 is 0 Å². The molecule has 1 aliphatic heterocycles. The Morgan fingerprint density at radius 3 is 3.05 bits per heavy atom.